The molecule has 4 nitrogen and oxygen atoms in total. The molecular weight excluding hydrogens is 250 g/mol. The second-order valence-corrected chi connectivity index (χ2v) is 5.79. The highest BCUT2D eigenvalue weighted by Gasteiger charge is 2.20. The summed E-state index contributed by atoms with van der Waals surface area (Å²) in [6.07, 6.45) is 0. The lowest BCUT2D eigenvalue weighted by atomic mass is 10.2. The average Bonchev–Trinajstić information content (AvgIpc) is 2.46. The first-order valence-electron chi connectivity index (χ1n) is 7.44. The minimum Gasteiger partial charge on any atom is -0.376 e. The zero-order valence-electron chi connectivity index (χ0n) is 12.5. The van der Waals surface area contributed by atoms with Crippen molar-refractivity contribution < 1.29 is 4.79 Å². The second-order valence-electron chi connectivity index (χ2n) is 5.79. The summed E-state index contributed by atoms with van der Waals surface area (Å²) in [7, 11) is 0. The van der Waals surface area contributed by atoms with E-state index in [4.69, 9.17) is 0 Å². The molecule has 0 bridgehead atoms. The Hall–Kier alpha value is -1.55. The zero-order valence-corrected chi connectivity index (χ0v) is 12.5. The van der Waals surface area contributed by atoms with Gasteiger partial charge in [0.05, 0.1) is 6.54 Å². The normalized spacial score (nSPS) is 16.4. The Morgan fingerprint density at radius 1 is 1.15 bits per heavy atom. The maximum absolute atomic E-state index is 12.1. The van der Waals surface area contributed by atoms with Crippen molar-refractivity contribution in [3.8, 4) is 0 Å². The van der Waals surface area contributed by atoms with Crippen molar-refractivity contribution in [1.82, 2.24) is 9.80 Å². The Kier molecular flexibility index (Phi) is 5.41. The van der Waals surface area contributed by atoms with Crippen molar-refractivity contribution in [2.45, 2.75) is 13.8 Å². The van der Waals surface area contributed by atoms with Gasteiger partial charge in [0, 0.05) is 38.4 Å². The van der Waals surface area contributed by atoms with Crippen molar-refractivity contribution in [3.63, 3.8) is 0 Å². The number of piperazine rings is 1. The molecule has 1 fully saturated rings. The first-order chi connectivity index (χ1) is 9.65. The molecule has 1 saturated heterocycles. The summed E-state index contributed by atoms with van der Waals surface area (Å²) in [5.41, 5.74) is 0.999. The molecule has 4 heteroatoms. The van der Waals surface area contributed by atoms with E-state index in [0.29, 0.717) is 12.5 Å². The molecule has 0 radical (unpaired) electrons. The van der Waals surface area contributed by atoms with Crippen molar-refractivity contribution in [3.05, 3.63) is 30.3 Å². The summed E-state index contributed by atoms with van der Waals surface area (Å²) in [6, 6.07) is 9.87. The third-order valence-corrected chi connectivity index (χ3v) is 3.57. The molecule has 1 aromatic rings. The van der Waals surface area contributed by atoms with E-state index in [1.165, 1.54) is 0 Å². The summed E-state index contributed by atoms with van der Waals surface area (Å²) in [5, 5.41) is 3.18. The van der Waals surface area contributed by atoms with E-state index in [0.717, 1.165) is 38.4 Å². The van der Waals surface area contributed by atoms with E-state index >= 15 is 0 Å². The Morgan fingerprint density at radius 3 is 2.40 bits per heavy atom. The maximum atomic E-state index is 12.1. The van der Waals surface area contributed by atoms with Crippen molar-refractivity contribution in [2.24, 2.45) is 5.92 Å². The number of carbonyl (C=O) groups is 1. The molecule has 1 aliphatic heterocycles. The first kappa shape index (κ1) is 14.9. The average molecular weight is 275 g/mol. The number of carbonyl (C=O) groups excluding carboxylic acids is 1. The quantitative estimate of drug-likeness (QED) is 0.891. The zero-order chi connectivity index (χ0) is 14.4. The molecule has 1 heterocycles. The lowest BCUT2D eigenvalue weighted by Crippen LogP contribution is -2.50. The van der Waals surface area contributed by atoms with Crippen LogP contribution in [0.1, 0.15) is 13.8 Å². The molecule has 0 spiro atoms. The number of rotatable bonds is 5. The van der Waals surface area contributed by atoms with Crippen molar-refractivity contribution in [2.75, 3.05) is 44.6 Å². The highest BCUT2D eigenvalue weighted by Crippen LogP contribution is 2.07. The summed E-state index contributed by atoms with van der Waals surface area (Å²) in [6.45, 7) is 9.68. The van der Waals surface area contributed by atoms with Crippen LogP contribution in [0.3, 0.4) is 0 Å². The second kappa shape index (κ2) is 7.29. The van der Waals surface area contributed by atoms with Gasteiger partial charge in [-0.2, -0.15) is 0 Å². The molecule has 1 amide bonds. The van der Waals surface area contributed by atoms with Crippen LogP contribution in [0.2, 0.25) is 0 Å². The Balaban J connectivity index is 1.72. The monoisotopic (exact) mass is 275 g/mol. The van der Waals surface area contributed by atoms with Crippen LogP contribution in [0.25, 0.3) is 0 Å². The Bertz CT molecular complexity index is 411. The van der Waals surface area contributed by atoms with Crippen LogP contribution in [0.5, 0.6) is 0 Å². The number of anilines is 1. The summed E-state index contributed by atoms with van der Waals surface area (Å²) >= 11 is 0. The van der Waals surface area contributed by atoms with Crippen LogP contribution >= 0.6 is 0 Å². The third-order valence-electron chi connectivity index (χ3n) is 3.57. The smallest absolute Gasteiger partial charge is 0.241 e. The van der Waals surface area contributed by atoms with E-state index in [-0.39, 0.29) is 5.91 Å². The minimum absolute atomic E-state index is 0.193. The van der Waals surface area contributed by atoms with Gasteiger partial charge in [0.25, 0.3) is 0 Å². The number of benzene rings is 1. The van der Waals surface area contributed by atoms with Crippen LogP contribution in [0.15, 0.2) is 30.3 Å². The molecule has 0 saturated carbocycles. The molecule has 2 rings (SSSR count). The van der Waals surface area contributed by atoms with Gasteiger partial charge in [-0.05, 0) is 18.1 Å². The predicted molar refractivity (Wildman–Crippen MR) is 82.8 cm³/mol. The van der Waals surface area contributed by atoms with Gasteiger partial charge in [0.1, 0.15) is 0 Å². The van der Waals surface area contributed by atoms with Gasteiger partial charge in [-0.15, -0.1) is 0 Å². The minimum atomic E-state index is 0.193. The highest BCUT2D eigenvalue weighted by atomic mass is 16.2. The summed E-state index contributed by atoms with van der Waals surface area (Å²) in [4.78, 5) is 16.6. The number of nitrogens with one attached hydrogen (secondary N) is 1. The highest BCUT2D eigenvalue weighted by molar-refractivity contribution is 5.81. The van der Waals surface area contributed by atoms with Gasteiger partial charge in [-0.3, -0.25) is 9.69 Å². The maximum Gasteiger partial charge on any atom is 0.241 e. The van der Waals surface area contributed by atoms with Gasteiger partial charge in [-0.25, -0.2) is 0 Å². The Morgan fingerprint density at radius 2 is 1.80 bits per heavy atom. The lowest BCUT2D eigenvalue weighted by molar-refractivity contribution is -0.131. The fraction of sp³-hybridized carbons (Fsp3) is 0.562. The molecule has 1 N–H and O–H groups in total. The largest absolute Gasteiger partial charge is 0.376 e. The fourth-order valence-corrected chi connectivity index (χ4v) is 2.54. The van der Waals surface area contributed by atoms with E-state index in [9.17, 15) is 4.79 Å². The van der Waals surface area contributed by atoms with Gasteiger partial charge in [0.15, 0.2) is 0 Å². The topological polar surface area (TPSA) is 35.6 Å². The van der Waals surface area contributed by atoms with Gasteiger partial charge >= 0.3 is 0 Å². The van der Waals surface area contributed by atoms with Crippen molar-refractivity contribution >= 4 is 11.6 Å². The van der Waals surface area contributed by atoms with Crippen molar-refractivity contribution in [1.29, 1.82) is 0 Å². The summed E-state index contributed by atoms with van der Waals surface area (Å²) < 4.78 is 0. The SMILES string of the molecule is CC(C)CN1CCN(C(=O)CNc2ccccc2)CC1. The number of nitrogens with zero attached hydrogens (tertiary/aromatic N) is 2. The number of hydrogen-bond acceptors (Lipinski definition) is 3. The van der Waals surface area contributed by atoms with E-state index < -0.39 is 0 Å². The van der Waals surface area contributed by atoms with E-state index in [1.54, 1.807) is 0 Å². The molecule has 20 heavy (non-hydrogen) atoms. The van der Waals surface area contributed by atoms with Crippen LogP contribution in [-0.4, -0.2) is 55.0 Å². The molecule has 1 aromatic carbocycles. The van der Waals surface area contributed by atoms with Gasteiger partial charge in [-0.1, -0.05) is 32.0 Å². The van der Waals surface area contributed by atoms with Gasteiger partial charge in [0.2, 0.25) is 5.91 Å². The van der Waals surface area contributed by atoms with Crippen LogP contribution in [0, 0.1) is 5.92 Å². The van der Waals surface area contributed by atoms with Crippen LogP contribution in [-0.2, 0) is 4.79 Å². The molecule has 1 aliphatic rings. The molecular formula is C16H25N3O. The third kappa shape index (κ3) is 4.53. The number of hydrogen-bond donors (Lipinski definition) is 1. The van der Waals surface area contributed by atoms with Crippen LogP contribution < -0.4 is 5.32 Å². The number of amides is 1. The van der Waals surface area contributed by atoms with Gasteiger partial charge < -0.3 is 10.2 Å². The number of para-hydroxylation sites is 1. The Labute approximate surface area is 121 Å². The molecule has 0 aliphatic carbocycles. The standard InChI is InChI=1S/C16H25N3O/c1-14(2)13-18-8-10-19(11-9-18)16(20)12-17-15-6-4-3-5-7-15/h3-7,14,17H,8-13H2,1-2H3. The van der Waals surface area contributed by atoms with E-state index in [2.05, 4.69) is 24.1 Å². The first-order valence-corrected chi connectivity index (χ1v) is 7.44. The van der Waals surface area contributed by atoms with E-state index in [1.807, 2.05) is 35.2 Å². The fourth-order valence-electron chi connectivity index (χ4n) is 2.54. The predicted octanol–water partition coefficient (Wildman–Crippen LogP) is 1.90. The lowest BCUT2D eigenvalue weighted by Gasteiger charge is -2.35. The molecule has 110 valence electrons. The molecule has 0 unspecified atom stereocenters. The molecule has 0 aromatic heterocycles. The molecule has 0 atom stereocenters. The van der Waals surface area contributed by atoms with Crippen LogP contribution in [0.4, 0.5) is 5.69 Å². The summed E-state index contributed by atoms with van der Waals surface area (Å²) in [5.74, 6) is 0.884.